The van der Waals surface area contributed by atoms with E-state index in [4.69, 9.17) is 0 Å². The van der Waals surface area contributed by atoms with Gasteiger partial charge in [-0.15, -0.1) is 0 Å². The van der Waals surface area contributed by atoms with Gasteiger partial charge in [0.05, 0.1) is 6.54 Å². The van der Waals surface area contributed by atoms with Crippen LogP contribution in [-0.4, -0.2) is 53.0 Å². The zero-order valence-electron chi connectivity index (χ0n) is 15.6. The summed E-state index contributed by atoms with van der Waals surface area (Å²) >= 11 is 0. The fraction of sp³-hybridized carbons (Fsp3) is 0.722. The number of nitrogens with zero attached hydrogens (tertiary/aromatic N) is 4. The summed E-state index contributed by atoms with van der Waals surface area (Å²) in [7, 11) is 1.82. The summed E-state index contributed by atoms with van der Waals surface area (Å²) in [5.41, 5.74) is 0.0725. The molecule has 3 rings (SSSR count). The van der Waals surface area contributed by atoms with E-state index in [1.807, 2.05) is 19.4 Å². The van der Waals surface area contributed by atoms with Crippen molar-refractivity contribution in [1.29, 1.82) is 0 Å². The molecule has 1 atom stereocenters. The van der Waals surface area contributed by atoms with Gasteiger partial charge in [0.25, 0.3) is 0 Å². The Morgan fingerprint density at radius 1 is 1.52 bits per heavy atom. The van der Waals surface area contributed by atoms with Crippen molar-refractivity contribution in [2.75, 3.05) is 26.7 Å². The molecule has 2 N–H and O–H groups in total. The van der Waals surface area contributed by atoms with Crippen LogP contribution in [-0.2, 0) is 17.9 Å². The number of hydrogen-bond donors (Lipinski definition) is 2. The van der Waals surface area contributed by atoms with Gasteiger partial charge in [-0.3, -0.25) is 9.79 Å². The van der Waals surface area contributed by atoms with Crippen LogP contribution in [0.1, 0.15) is 38.9 Å². The molecule has 0 saturated carbocycles. The van der Waals surface area contributed by atoms with Gasteiger partial charge in [0, 0.05) is 57.5 Å². The number of amides is 1. The van der Waals surface area contributed by atoms with Crippen LogP contribution in [0, 0.1) is 11.3 Å². The Morgan fingerprint density at radius 2 is 2.36 bits per heavy atom. The molecule has 1 aromatic rings. The van der Waals surface area contributed by atoms with Crippen molar-refractivity contribution in [3.63, 3.8) is 0 Å². The van der Waals surface area contributed by atoms with Gasteiger partial charge in [-0.25, -0.2) is 4.98 Å². The Bertz CT molecular complexity index is 637. The van der Waals surface area contributed by atoms with E-state index in [1.165, 1.54) is 0 Å². The van der Waals surface area contributed by atoms with Crippen molar-refractivity contribution in [3.8, 4) is 0 Å². The second-order valence-electron chi connectivity index (χ2n) is 7.77. The fourth-order valence-electron chi connectivity index (χ4n) is 3.99. The lowest BCUT2D eigenvalue weighted by molar-refractivity contribution is -0.119. The molecular formula is C18H30N6O. The zero-order chi connectivity index (χ0) is 17.9. The van der Waals surface area contributed by atoms with Crippen molar-refractivity contribution in [1.82, 2.24) is 25.1 Å². The number of aliphatic imine (C=N–C) groups is 1. The third-order valence-corrected chi connectivity index (χ3v) is 5.14. The van der Waals surface area contributed by atoms with Crippen molar-refractivity contribution in [3.05, 3.63) is 18.2 Å². The average molecular weight is 346 g/mol. The highest BCUT2D eigenvalue weighted by Crippen LogP contribution is 2.35. The third kappa shape index (κ3) is 4.14. The highest BCUT2D eigenvalue weighted by molar-refractivity contribution is 5.81. The molecular weight excluding hydrogens is 316 g/mol. The van der Waals surface area contributed by atoms with Crippen molar-refractivity contribution in [2.24, 2.45) is 16.3 Å². The number of rotatable bonds is 4. The SMILES string of the molecule is CN=C(NCc1nccn1CC(C)C)N1CCCC2(CNC(=O)C2)C1. The molecule has 7 heteroatoms. The van der Waals surface area contributed by atoms with Crippen molar-refractivity contribution >= 4 is 11.9 Å². The number of carbonyl (C=O) groups excluding carboxylic acids is 1. The van der Waals surface area contributed by atoms with Gasteiger partial charge in [-0.1, -0.05) is 13.8 Å². The lowest BCUT2D eigenvalue weighted by atomic mass is 9.79. The van der Waals surface area contributed by atoms with Crippen LogP contribution in [0.15, 0.2) is 17.4 Å². The smallest absolute Gasteiger partial charge is 0.220 e. The molecule has 0 radical (unpaired) electrons. The van der Waals surface area contributed by atoms with Gasteiger partial charge in [-0.2, -0.15) is 0 Å². The van der Waals surface area contributed by atoms with Gasteiger partial charge in [-0.05, 0) is 18.8 Å². The molecule has 0 aromatic carbocycles. The lowest BCUT2D eigenvalue weighted by Gasteiger charge is -2.40. The van der Waals surface area contributed by atoms with E-state index in [0.717, 1.165) is 50.8 Å². The number of aromatic nitrogens is 2. The molecule has 2 fully saturated rings. The molecule has 1 unspecified atom stereocenters. The first-order valence-electron chi connectivity index (χ1n) is 9.24. The molecule has 0 bridgehead atoms. The summed E-state index contributed by atoms with van der Waals surface area (Å²) in [5, 5.41) is 6.46. The maximum atomic E-state index is 11.7. The number of hydrogen-bond acceptors (Lipinski definition) is 3. The number of imidazole rings is 1. The fourth-order valence-corrected chi connectivity index (χ4v) is 3.99. The molecule has 138 valence electrons. The van der Waals surface area contributed by atoms with Crippen LogP contribution in [0.5, 0.6) is 0 Å². The molecule has 25 heavy (non-hydrogen) atoms. The van der Waals surface area contributed by atoms with Gasteiger partial charge < -0.3 is 20.1 Å². The minimum Gasteiger partial charge on any atom is -0.355 e. The average Bonchev–Trinajstić information content (AvgIpc) is 3.15. The first kappa shape index (κ1) is 17.8. The summed E-state index contributed by atoms with van der Waals surface area (Å²) in [6.45, 7) is 8.70. The van der Waals surface area contributed by atoms with Crippen LogP contribution in [0.4, 0.5) is 0 Å². The number of piperidine rings is 1. The number of carbonyl (C=O) groups is 1. The normalized spacial score (nSPS) is 24.2. The molecule has 1 spiro atoms. The first-order chi connectivity index (χ1) is 12.0. The quantitative estimate of drug-likeness (QED) is 0.635. The predicted octanol–water partition coefficient (Wildman–Crippen LogP) is 1.22. The molecule has 0 aliphatic carbocycles. The summed E-state index contributed by atoms with van der Waals surface area (Å²) in [5.74, 6) is 2.69. The summed E-state index contributed by atoms with van der Waals surface area (Å²) in [6.07, 6.45) is 6.73. The minimum absolute atomic E-state index is 0.0725. The van der Waals surface area contributed by atoms with Crippen LogP contribution in [0.25, 0.3) is 0 Å². The van der Waals surface area contributed by atoms with Gasteiger partial charge in [0.2, 0.25) is 5.91 Å². The summed E-state index contributed by atoms with van der Waals surface area (Å²) in [6, 6.07) is 0. The van der Waals surface area contributed by atoms with E-state index in [9.17, 15) is 4.79 Å². The Hall–Kier alpha value is -2.05. The predicted molar refractivity (Wildman–Crippen MR) is 98.1 cm³/mol. The second kappa shape index (κ2) is 7.45. The molecule has 7 nitrogen and oxygen atoms in total. The molecule has 3 heterocycles. The molecule has 1 amide bonds. The van der Waals surface area contributed by atoms with E-state index in [2.05, 4.69) is 43.9 Å². The second-order valence-corrected chi connectivity index (χ2v) is 7.77. The Kier molecular flexibility index (Phi) is 5.30. The zero-order valence-corrected chi connectivity index (χ0v) is 15.6. The third-order valence-electron chi connectivity index (χ3n) is 5.14. The number of guanidine groups is 1. The summed E-state index contributed by atoms with van der Waals surface area (Å²) in [4.78, 5) is 22.9. The molecule has 2 saturated heterocycles. The van der Waals surface area contributed by atoms with Gasteiger partial charge >= 0.3 is 0 Å². The lowest BCUT2D eigenvalue weighted by Crippen LogP contribution is -2.51. The van der Waals surface area contributed by atoms with Crippen molar-refractivity contribution < 1.29 is 4.79 Å². The van der Waals surface area contributed by atoms with Crippen LogP contribution in [0.3, 0.4) is 0 Å². The Balaban J connectivity index is 1.61. The van der Waals surface area contributed by atoms with E-state index < -0.39 is 0 Å². The molecule has 2 aliphatic rings. The highest BCUT2D eigenvalue weighted by atomic mass is 16.1. The maximum absolute atomic E-state index is 11.7. The molecule has 1 aromatic heterocycles. The van der Waals surface area contributed by atoms with Crippen molar-refractivity contribution in [2.45, 2.75) is 46.2 Å². The van der Waals surface area contributed by atoms with E-state index in [1.54, 1.807) is 0 Å². The molecule has 2 aliphatic heterocycles. The van der Waals surface area contributed by atoms with Crippen LogP contribution < -0.4 is 10.6 Å². The van der Waals surface area contributed by atoms with Gasteiger partial charge in [0.15, 0.2) is 5.96 Å². The largest absolute Gasteiger partial charge is 0.355 e. The number of likely N-dealkylation sites (tertiary alicyclic amines) is 1. The van der Waals surface area contributed by atoms with Crippen LogP contribution >= 0.6 is 0 Å². The van der Waals surface area contributed by atoms with E-state index in [0.29, 0.717) is 18.9 Å². The minimum atomic E-state index is 0.0725. The monoisotopic (exact) mass is 346 g/mol. The maximum Gasteiger partial charge on any atom is 0.220 e. The Labute approximate surface area is 149 Å². The standard InChI is InChI=1S/C18H30N6O/c1-14(2)11-23-8-6-20-15(23)10-21-17(19-3)24-7-4-5-18(13-24)9-16(25)22-12-18/h6,8,14H,4-5,7,9-13H2,1-3H3,(H,19,21)(H,22,25). The number of nitrogens with one attached hydrogen (secondary N) is 2. The van der Waals surface area contributed by atoms with E-state index >= 15 is 0 Å². The first-order valence-corrected chi connectivity index (χ1v) is 9.24. The highest BCUT2D eigenvalue weighted by Gasteiger charge is 2.42. The van der Waals surface area contributed by atoms with E-state index in [-0.39, 0.29) is 11.3 Å². The Morgan fingerprint density at radius 3 is 3.04 bits per heavy atom. The van der Waals surface area contributed by atoms with Gasteiger partial charge in [0.1, 0.15) is 5.82 Å². The van der Waals surface area contributed by atoms with Crippen LogP contribution in [0.2, 0.25) is 0 Å². The topological polar surface area (TPSA) is 74.6 Å². The summed E-state index contributed by atoms with van der Waals surface area (Å²) < 4.78 is 2.20.